The fraction of sp³-hybridized carbons (Fsp3) is 0.424. The standard InChI is InChI=1S/C33H34ClF3N4O2/c34-28-7-6-25(33(35,36)37)19-27(28)30(42)39-29-8-5-23-3-4-24(18-26(23)29)31(43)41-16-11-32(12-17-41)9-14-40(15-10-32)21-22-2-1-13-38-20-22/h1-4,6-7,13,18-20,29H,5,8-12,14-17,21H2,(H,39,42). The number of piperidine rings is 2. The van der Waals surface area contributed by atoms with Crippen LogP contribution in [0.2, 0.25) is 5.02 Å². The van der Waals surface area contributed by atoms with E-state index >= 15 is 0 Å². The molecule has 0 bridgehead atoms. The molecule has 2 amide bonds. The molecule has 2 aromatic carbocycles. The van der Waals surface area contributed by atoms with Gasteiger partial charge >= 0.3 is 6.18 Å². The highest BCUT2D eigenvalue weighted by atomic mass is 35.5. The van der Waals surface area contributed by atoms with Gasteiger partial charge in [-0.3, -0.25) is 19.5 Å². The van der Waals surface area contributed by atoms with E-state index in [0.29, 0.717) is 31.5 Å². The maximum Gasteiger partial charge on any atom is 0.416 e. The molecule has 43 heavy (non-hydrogen) atoms. The molecular formula is C33H34ClF3N4O2. The topological polar surface area (TPSA) is 65.5 Å². The van der Waals surface area contributed by atoms with Gasteiger partial charge in [-0.2, -0.15) is 13.2 Å². The lowest BCUT2D eigenvalue weighted by atomic mass is 9.71. The monoisotopic (exact) mass is 610 g/mol. The summed E-state index contributed by atoms with van der Waals surface area (Å²) < 4.78 is 39.7. The molecule has 0 radical (unpaired) electrons. The molecule has 3 aliphatic rings. The second-order valence-electron chi connectivity index (χ2n) is 12.1. The summed E-state index contributed by atoms with van der Waals surface area (Å²) in [6.07, 6.45) is 4.67. The minimum Gasteiger partial charge on any atom is -0.345 e. The lowest BCUT2D eigenvalue weighted by molar-refractivity contribution is -0.137. The van der Waals surface area contributed by atoms with Crippen LogP contribution >= 0.6 is 11.6 Å². The molecule has 226 valence electrons. The first-order chi connectivity index (χ1) is 20.6. The van der Waals surface area contributed by atoms with E-state index in [-0.39, 0.29) is 21.9 Å². The van der Waals surface area contributed by atoms with Gasteiger partial charge in [-0.1, -0.05) is 23.7 Å². The van der Waals surface area contributed by atoms with Crippen LogP contribution in [0.4, 0.5) is 13.2 Å². The molecule has 10 heteroatoms. The number of benzene rings is 2. The fourth-order valence-electron chi connectivity index (χ4n) is 6.80. The fourth-order valence-corrected chi connectivity index (χ4v) is 7.00. The lowest BCUT2D eigenvalue weighted by Gasteiger charge is -2.47. The van der Waals surface area contributed by atoms with E-state index in [1.165, 1.54) is 5.56 Å². The SMILES string of the molecule is O=C(NC1CCc2ccc(C(=O)N3CCC4(CCN(Cc5cccnc5)CC4)CC3)cc21)c1cc(C(F)(F)F)ccc1Cl. The van der Waals surface area contributed by atoms with Crippen molar-refractivity contribution < 1.29 is 22.8 Å². The Kier molecular flexibility index (Phi) is 8.22. The number of nitrogens with one attached hydrogen (secondary N) is 1. The van der Waals surface area contributed by atoms with Crippen molar-refractivity contribution in [1.82, 2.24) is 20.1 Å². The van der Waals surface area contributed by atoms with E-state index in [9.17, 15) is 22.8 Å². The average molecular weight is 611 g/mol. The highest BCUT2D eigenvalue weighted by Crippen LogP contribution is 2.42. The maximum atomic E-state index is 13.6. The van der Waals surface area contributed by atoms with E-state index in [1.807, 2.05) is 35.4 Å². The molecule has 6 nitrogen and oxygen atoms in total. The third-order valence-electron chi connectivity index (χ3n) is 9.47. The van der Waals surface area contributed by atoms with Gasteiger partial charge < -0.3 is 10.2 Å². The van der Waals surface area contributed by atoms with Crippen molar-refractivity contribution in [1.29, 1.82) is 0 Å². The molecule has 1 unspecified atom stereocenters. The number of rotatable bonds is 5. The summed E-state index contributed by atoms with van der Waals surface area (Å²) >= 11 is 6.09. The van der Waals surface area contributed by atoms with Crippen LogP contribution in [-0.4, -0.2) is 52.8 Å². The van der Waals surface area contributed by atoms with Gasteiger partial charge in [0.2, 0.25) is 0 Å². The molecule has 1 atom stereocenters. The Bertz CT molecular complexity index is 1500. The molecule has 2 fully saturated rings. The van der Waals surface area contributed by atoms with Gasteiger partial charge in [-0.05, 0) is 110 Å². The van der Waals surface area contributed by atoms with Crippen LogP contribution < -0.4 is 5.32 Å². The van der Waals surface area contributed by atoms with E-state index in [2.05, 4.69) is 21.3 Å². The highest BCUT2D eigenvalue weighted by molar-refractivity contribution is 6.33. The van der Waals surface area contributed by atoms with E-state index in [0.717, 1.165) is 74.6 Å². The van der Waals surface area contributed by atoms with Crippen LogP contribution in [0.25, 0.3) is 0 Å². The van der Waals surface area contributed by atoms with Crippen LogP contribution in [0.3, 0.4) is 0 Å². The Morgan fingerprint density at radius 3 is 2.44 bits per heavy atom. The molecule has 1 aliphatic carbocycles. The summed E-state index contributed by atoms with van der Waals surface area (Å²) in [6, 6.07) is 12.0. The number of carbonyl (C=O) groups excluding carboxylic acids is 2. The first-order valence-electron chi connectivity index (χ1n) is 14.8. The number of hydrogen-bond acceptors (Lipinski definition) is 4. The molecule has 2 aliphatic heterocycles. The number of halogens is 4. The number of aromatic nitrogens is 1. The number of aryl methyl sites for hydroxylation is 1. The minimum atomic E-state index is -4.58. The lowest BCUT2D eigenvalue weighted by Crippen LogP contribution is -2.48. The van der Waals surface area contributed by atoms with Crippen LogP contribution in [-0.2, 0) is 19.1 Å². The molecule has 1 spiro atoms. The van der Waals surface area contributed by atoms with Crippen molar-refractivity contribution >= 4 is 23.4 Å². The Balaban J connectivity index is 1.07. The third-order valence-corrected chi connectivity index (χ3v) is 9.80. The molecule has 1 N–H and O–H groups in total. The smallest absolute Gasteiger partial charge is 0.345 e. The molecule has 6 rings (SSSR count). The number of carbonyl (C=O) groups is 2. The second-order valence-corrected chi connectivity index (χ2v) is 12.5. The van der Waals surface area contributed by atoms with Crippen LogP contribution in [0.15, 0.2) is 60.9 Å². The third kappa shape index (κ3) is 6.43. The van der Waals surface area contributed by atoms with Crippen LogP contribution in [0, 0.1) is 5.41 Å². The van der Waals surface area contributed by atoms with Gasteiger partial charge in [0.15, 0.2) is 0 Å². The summed E-state index contributed by atoms with van der Waals surface area (Å²) in [5.74, 6) is -0.692. The van der Waals surface area contributed by atoms with Gasteiger partial charge in [0.05, 0.1) is 22.2 Å². The summed E-state index contributed by atoms with van der Waals surface area (Å²) in [7, 11) is 0. The molecular weight excluding hydrogens is 577 g/mol. The number of likely N-dealkylation sites (tertiary alicyclic amines) is 2. The van der Waals surface area contributed by atoms with E-state index < -0.39 is 23.7 Å². The van der Waals surface area contributed by atoms with Gasteiger partial charge in [-0.25, -0.2) is 0 Å². The maximum absolute atomic E-state index is 13.6. The summed E-state index contributed by atoms with van der Waals surface area (Å²) in [4.78, 5) is 35.2. The zero-order valence-electron chi connectivity index (χ0n) is 23.8. The number of alkyl halides is 3. The highest BCUT2D eigenvalue weighted by Gasteiger charge is 2.39. The van der Waals surface area contributed by atoms with Crippen molar-refractivity contribution in [2.45, 2.75) is 57.3 Å². The van der Waals surface area contributed by atoms with Crippen LogP contribution in [0.1, 0.15) is 81.1 Å². The Labute approximate surface area is 254 Å². The van der Waals surface area contributed by atoms with Gasteiger partial charge in [-0.15, -0.1) is 0 Å². The van der Waals surface area contributed by atoms with Gasteiger partial charge in [0, 0.05) is 37.6 Å². The largest absolute Gasteiger partial charge is 0.416 e. The first-order valence-corrected chi connectivity index (χ1v) is 15.2. The molecule has 2 saturated heterocycles. The molecule has 3 aromatic rings. The number of nitrogens with zero attached hydrogens (tertiary/aromatic N) is 3. The summed E-state index contributed by atoms with van der Waals surface area (Å²) in [5.41, 5.74) is 2.78. The Hall–Kier alpha value is -3.43. The first kappa shape index (κ1) is 29.6. The minimum absolute atomic E-state index is 0.0236. The van der Waals surface area contributed by atoms with Gasteiger partial charge in [0.1, 0.15) is 0 Å². The molecule has 0 saturated carbocycles. The molecule has 1 aromatic heterocycles. The Morgan fingerprint density at radius 2 is 1.74 bits per heavy atom. The predicted octanol–water partition coefficient (Wildman–Crippen LogP) is 6.69. The quantitative estimate of drug-likeness (QED) is 0.350. The normalized spacial score (nSPS) is 20.2. The van der Waals surface area contributed by atoms with Crippen molar-refractivity contribution in [2.24, 2.45) is 5.41 Å². The zero-order valence-corrected chi connectivity index (χ0v) is 24.6. The number of hydrogen-bond donors (Lipinski definition) is 1. The van der Waals surface area contributed by atoms with Crippen molar-refractivity contribution in [2.75, 3.05) is 26.2 Å². The van der Waals surface area contributed by atoms with Gasteiger partial charge in [0.25, 0.3) is 11.8 Å². The van der Waals surface area contributed by atoms with Crippen molar-refractivity contribution in [3.63, 3.8) is 0 Å². The summed E-state index contributed by atoms with van der Waals surface area (Å²) in [6.45, 7) is 4.44. The number of pyridine rings is 1. The van der Waals surface area contributed by atoms with Crippen LogP contribution in [0.5, 0.6) is 0 Å². The van der Waals surface area contributed by atoms with E-state index in [4.69, 9.17) is 11.6 Å². The number of fused-ring (bicyclic) bond motifs is 1. The van der Waals surface area contributed by atoms with Crippen molar-refractivity contribution in [3.05, 3.63) is 99.3 Å². The zero-order chi connectivity index (χ0) is 30.2. The summed E-state index contributed by atoms with van der Waals surface area (Å²) in [5, 5.41) is 2.80. The average Bonchev–Trinajstić information content (AvgIpc) is 3.40. The predicted molar refractivity (Wildman–Crippen MR) is 158 cm³/mol. The molecule has 3 heterocycles. The second kappa shape index (κ2) is 11.9. The van der Waals surface area contributed by atoms with E-state index in [1.54, 1.807) is 6.20 Å². The van der Waals surface area contributed by atoms with Crippen molar-refractivity contribution in [3.8, 4) is 0 Å². The Morgan fingerprint density at radius 1 is 1.00 bits per heavy atom. The number of amides is 2.